The maximum absolute atomic E-state index is 9.35. The lowest BCUT2D eigenvalue weighted by molar-refractivity contribution is 0.274. The Kier molecular flexibility index (Phi) is 2.78. The Morgan fingerprint density at radius 2 is 2.25 bits per heavy atom. The molecule has 1 fully saturated rings. The van der Waals surface area contributed by atoms with Gasteiger partial charge in [0, 0.05) is 36.6 Å². The Hall–Kier alpha value is -1.47. The van der Waals surface area contributed by atoms with Gasteiger partial charge in [0.2, 0.25) is 5.13 Å². The molecule has 0 radical (unpaired) electrons. The van der Waals surface area contributed by atoms with Gasteiger partial charge in [0.05, 0.1) is 24.5 Å². The molecule has 3 heterocycles. The summed E-state index contributed by atoms with van der Waals surface area (Å²) in [6.07, 6.45) is 3.39. The molecule has 1 saturated carbocycles. The van der Waals surface area contributed by atoms with E-state index in [9.17, 15) is 5.11 Å². The number of fused-ring (bicyclic) bond motifs is 1. The number of aryl methyl sites for hydroxylation is 1. The second kappa shape index (κ2) is 4.53. The standard InChI is InChI=1S/C13H17N5OS/c1-17-11-6-18(5-4-9(11)10(7-19)15-17)13-14-12(16-20-13)8-2-3-8/h8,19H,2-7H2,1H3. The summed E-state index contributed by atoms with van der Waals surface area (Å²) >= 11 is 1.50. The van der Waals surface area contributed by atoms with Crippen molar-refractivity contribution in [3.63, 3.8) is 0 Å². The first-order valence-electron chi connectivity index (χ1n) is 6.99. The molecule has 6 nitrogen and oxygen atoms in total. The molecule has 4 rings (SSSR count). The lowest BCUT2D eigenvalue weighted by Crippen LogP contribution is -2.31. The molecule has 2 aromatic rings. The van der Waals surface area contributed by atoms with E-state index < -0.39 is 0 Å². The summed E-state index contributed by atoms with van der Waals surface area (Å²) in [7, 11) is 1.94. The Morgan fingerprint density at radius 3 is 3.00 bits per heavy atom. The summed E-state index contributed by atoms with van der Waals surface area (Å²) in [5.74, 6) is 1.63. The average Bonchev–Trinajstić information content (AvgIpc) is 3.12. The van der Waals surface area contributed by atoms with Gasteiger partial charge in [-0.05, 0) is 19.3 Å². The zero-order chi connectivity index (χ0) is 13.7. The van der Waals surface area contributed by atoms with Crippen LogP contribution in [0.15, 0.2) is 0 Å². The third kappa shape index (κ3) is 1.92. The van der Waals surface area contributed by atoms with Crippen LogP contribution in [0.4, 0.5) is 5.13 Å². The number of rotatable bonds is 3. The molecule has 0 saturated heterocycles. The minimum Gasteiger partial charge on any atom is -0.390 e. The van der Waals surface area contributed by atoms with E-state index in [4.69, 9.17) is 0 Å². The van der Waals surface area contributed by atoms with Crippen molar-refractivity contribution >= 4 is 16.7 Å². The molecule has 1 aliphatic carbocycles. The highest BCUT2D eigenvalue weighted by Crippen LogP contribution is 2.40. The molecule has 106 valence electrons. The van der Waals surface area contributed by atoms with Crippen molar-refractivity contribution in [3.05, 3.63) is 22.8 Å². The summed E-state index contributed by atoms with van der Waals surface area (Å²) < 4.78 is 6.36. The third-order valence-electron chi connectivity index (χ3n) is 4.12. The van der Waals surface area contributed by atoms with E-state index in [2.05, 4.69) is 19.4 Å². The zero-order valence-corrected chi connectivity index (χ0v) is 12.2. The van der Waals surface area contributed by atoms with E-state index in [1.165, 1.54) is 35.6 Å². The Labute approximate surface area is 121 Å². The van der Waals surface area contributed by atoms with Crippen LogP contribution >= 0.6 is 11.5 Å². The largest absolute Gasteiger partial charge is 0.390 e. The van der Waals surface area contributed by atoms with Crippen molar-refractivity contribution in [1.82, 2.24) is 19.1 Å². The van der Waals surface area contributed by atoms with E-state index in [0.29, 0.717) is 5.92 Å². The van der Waals surface area contributed by atoms with E-state index >= 15 is 0 Å². The summed E-state index contributed by atoms with van der Waals surface area (Å²) in [6, 6.07) is 0. The van der Waals surface area contributed by atoms with Gasteiger partial charge in [0.25, 0.3) is 0 Å². The van der Waals surface area contributed by atoms with Gasteiger partial charge in [-0.1, -0.05) is 0 Å². The highest BCUT2D eigenvalue weighted by atomic mass is 32.1. The van der Waals surface area contributed by atoms with Gasteiger partial charge in [0.1, 0.15) is 5.82 Å². The van der Waals surface area contributed by atoms with Gasteiger partial charge in [0.15, 0.2) is 0 Å². The van der Waals surface area contributed by atoms with Gasteiger partial charge < -0.3 is 10.0 Å². The lowest BCUT2D eigenvalue weighted by Gasteiger charge is -2.26. The van der Waals surface area contributed by atoms with Gasteiger partial charge in [-0.3, -0.25) is 4.68 Å². The molecular weight excluding hydrogens is 274 g/mol. The molecule has 2 aromatic heterocycles. The summed E-state index contributed by atoms with van der Waals surface area (Å²) in [6.45, 7) is 1.75. The van der Waals surface area contributed by atoms with Crippen LogP contribution in [0.2, 0.25) is 0 Å². The van der Waals surface area contributed by atoms with Gasteiger partial charge in [-0.2, -0.15) is 9.47 Å². The Morgan fingerprint density at radius 1 is 1.40 bits per heavy atom. The van der Waals surface area contributed by atoms with Gasteiger partial charge in [-0.15, -0.1) is 0 Å². The molecule has 1 N–H and O–H groups in total. The third-order valence-corrected chi connectivity index (χ3v) is 4.92. The number of hydrogen-bond donors (Lipinski definition) is 1. The van der Waals surface area contributed by atoms with Crippen LogP contribution in [0.25, 0.3) is 0 Å². The topological polar surface area (TPSA) is 67.1 Å². The van der Waals surface area contributed by atoms with E-state index in [1.54, 1.807) is 0 Å². The number of nitrogens with zero attached hydrogens (tertiary/aromatic N) is 5. The first-order chi connectivity index (χ1) is 9.76. The molecule has 1 aliphatic heterocycles. The molecule has 7 heteroatoms. The Balaban J connectivity index is 1.60. The van der Waals surface area contributed by atoms with Crippen LogP contribution in [-0.2, 0) is 26.6 Å². The van der Waals surface area contributed by atoms with Crippen LogP contribution in [0.3, 0.4) is 0 Å². The second-order valence-electron chi connectivity index (χ2n) is 5.53. The zero-order valence-electron chi connectivity index (χ0n) is 11.4. The minimum atomic E-state index is 0.0216. The fraction of sp³-hybridized carbons (Fsp3) is 0.615. The summed E-state index contributed by atoms with van der Waals surface area (Å²) in [4.78, 5) is 6.95. The van der Waals surface area contributed by atoms with Crippen molar-refractivity contribution in [2.75, 3.05) is 11.4 Å². The molecule has 0 unspecified atom stereocenters. The second-order valence-corrected chi connectivity index (χ2v) is 6.26. The van der Waals surface area contributed by atoms with Crippen LogP contribution in [-0.4, -0.2) is 30.8 Å². The van der Waals surface area contributed by atoms with Crippen LogP contribution in [0.1, 0.15) is 41.5 Å². The van der Waals surface area contributed by atoms with Crippen LogP contribution in [0.5, 0.6) is 0 Å². The number of aromatic nitrogens is 4. The van der Waals surface area contributed by atoms with Gasteiger partial charge in [-0.25, -0.2) is 4.98 Å². The monoisotopic (exact) mass is 291 g/mol. The van der Waals surface area contributed by atoms with Crippen molar-refractivity contribution in [3.8, 4) is 0 Å². The van der Waals surface area contributed by atoms with Crippen molar-refractivity contribution in [1.29, 1.82) is 0 Å². The van der Waals surface area contributed by atoms with E-state index in [-0.39, 0.29) is 6.61 Å². The lowest BCUT2D eigenvalue weighted by atomic mass is 10.1. The minimum absolute atomic E-state index is 0.0216. The van der Waals surface area contributed by atoms with E-state index in [1.807, 2.05) is 11.7 Å². The molecule has 0 bridgehead atoms. The molecular formula is C13H17N5OS. The van der Waals surface area contributed by atoms with Gasteiger partial charge >= 0.3 is 0 Å². The summed E-state index contributed by atoms with van der Waals surface area (Å²) in [5, 5.41) is 14.8. The highest BCUT2D eigenvalue weighted by Gasteiger charge is 2.30. The average molecular weight is 291 g/mol. The fourth-order valence-electron chi connectivity index (χ4n) is 2.81. The molecule has 0 amide bonds. The normalized spacial score (nSPS) is 18.4. The smallest absolute Gasteiger partial charge is 0.205 e. The fourth-order valence-corrected chi connectivity index (χ4v) is 3.58. The number of aliphatic hydroxyl groups is 1. The van der Waals surface area contributed by atoms with Crippen LogP contribution in [0, 0.1) is 0 Å². The molecule has 20 heavy (non-hydrogen) atoms. The highest BCUT2D eigenvalue weighted by molar-refractivity contribution is 7.09. The molecule has 2 aliphatic rings. The Bertz CT molecular complexity index is 645. The predicted molar refractivity (Wildman–Crippen MR) is 75.8 cm³/mol. The van der Waals surface area contributed by atoms with Crippen molar-refractivity contribution in [2.45, 2.75) is 38.3 Å². The van der Waals surface area contributed by atoms with E-state index in [0.717, 1.165) is 36.2 Å². The first-order valence-corrected chi connectivity index (χ1v) is 7.76. The van der Waals surface area contributed by atoms with Crippen LogP contribution < -0.4 is 4.90 Å². The number of anilines is 1. The molecule has 0 aromatic carbocycles. The van der Waals surface area contributed by atoms with Crippen molar-refractivity contribution in [2.24, 2.45) is 7.05 Å². The first kappa shape index (κ1) is 12.3. The quantitative estimate of drug-likeness (QED) is 0.920. The summed E-state index contributed by atoms with van der Waals surface area (Å²) in [5.41, 5.74) is 3.21. The molecule has 0 atom stereocenters. The maximum atomic E-state index is 9.35. The number of hydrogen-bond acceptors (Lipinski definition) is 6. The van der Waals surface area contributed by atoms with Crippen molar-refractivity contribution < 1.29 is 5.11 Å². The SMILES string of the molecule is Cn1nc(CO)c2c1CN(c1nc(C3CC3)ns1)CC2. The number of aliphatic hydroxyl groups excluding tert-OH is 1. The predicted octanol–water partition coefficient (Wildman–Crippen LogP) is 1.20. The molecule has 0 spiro atoms. The maximum Gasteiger partial charge on any atom is 0.205 e.